The summed E-state index contributed by atoms with van der Waals surface area (Å²) in [7, 11) is -5.80. The molecule has 0 bridgehead atoms. The highest BCUT2D eigenvalue weighted by atomic mass is 31.2. The van der Waals surface area contributed by atoms with Gasteiger partial charge in [0.05, 0.1) is 6.61 Å². The van der Waals surface area contributed by atoms with Gasteiger partial charge in [0.1, 0.15) is 18.2 Å². The van der Waals surface area contributed by atoms with Gasteiger partial charge in [-0.1, -0.05) is 105 Å². The molecule has 3 unspecified atom stereocenters. The lowest BCUT2D eigenvalue weighted by atomic mass is 10.1. The first-order valence-electron chi connectivity index (χ1n) is 14.0. The maximum atomic E-state index is 15.2. The van der Waals surface area contributed by atoms with Crippen LogP contribution in [0.25, 0.3) is 0 Å². The van der Waals surface area contributed by atoms with E-state index in [0.29, 0.717) is 19.3 Å². The van der Waals surface area contributed by atoms with Crippen LogP contribution in [0.5, 0.6) is 0 Å². The zero-order valence-electron chi connectivity index (χ0n) is 24.4. The molecule has 0 aromatic heterocycles. The lowest BCUT2D eigenvalue weighted by Crippen LogP contribution is -2.42. The van der Waals surface area contributed by atoms with Crippen LogP contribution in [0.3, 0.4) is 0 Å². The van der Waals surface area contributed by atoms with Crippen molar-refractivity contribution in [1.29, 1.82) is 0 Å². The molecule has 0 fully saturated rings. The Balaban J connectivity index is 1.92. The molecular weight excluding hydrogens is 537 g/mol. The Morgan fingerprint density at radius 3 is 1.80 bits per heavy atom. The van der Waals surface area contributed by atoms with Crippen LogP contribution < -0.4 is 5.32 Å². The first-order chi connectivity index (χ1) is 19.0. The van der Waals surface area contributed by atoms with E-state index >= 15 is 4.57 Å². The molecule has 6 nitrogen and oxygen atoms in total. The normalized spacial score (nSPS) is 14.8. The van der Waals surface area contributed by atoms with Crippen LogP contribution in [0.2, 0.25) is 19.6 Å². The van der Waals surface area contributed by atoms with E-state index in [0.717, 1.165) is 16.7 Å². The first-order valence-corrected chi connectivity index (χ1v) is 19.2. The zero-order valence-corrected chi connectivity index (χ0v) is 26.3. The van der Waals surface area contributed by atoms with E-state index < -0.39 is 33.4 Å². The number of ether oxygens (including phenoxy) is 1. The van der Waals surface area contributed by atoms with Crippen LogP contribution in [0.15, 0.2) is 91.0 Å². The highest BCUT2D eigenvalue weighted by Crippen LogP contribution is 2.60. The number of hydrogen-bond donors (Lipinski definition) is 1. The molecule has 0 heterocycles. The van der Waals surface area contributed by atoms with Gasteiger partial charge in [-0.25, -0.2) is 4.79 Å². The monoisotopic (exact) mass is 581 g/mol. The number of benzene rings is 3. The van der Waals surface area contributed by atoms with E-state index in [9.17, 15) is 4.79 Å². The van der Waals surface area contributed by atoms with Gasteiger partial charge in [-0.05, 0) is 61.5 Å². The van der Waals surface area contributed by atoms with Crippen molar-refractivity contribution in [3.05, 3.63) is 108 Å². The lowest BCUT2D eigenvalue weighted by Gasteiger charge is -2.37. The number of aryl methyl sites for hydroxylation is 1. The smallest absolute Gasteiger partial charge is 0.408 e. The van der Waals surface area contributed by atoms with Crippen molar-refractivity contribution < 1.29 is 23.0 Å². The lowest BCUT2D eigenvalue weighted by molar-refractivity contribution is 0.134. The fourth-order valence-electron chi connectivity index (χ4n) is 4.42. The molecule has 1 amide bonds. The van der Waals surface area contributed by atoms with Crippen molar-refractivity contribution in [3.8, 4) is 0 Å². The molecule has 3 aromatic carbocycles. The highest BCUT2D eigenvalue weighted by Gasteiger charge is 2.45. The molecule has 40 heavy (non-hydrogen) atoms. The molecule has 0 saturated carbocycles. The summed E-state index contributed by atoms with van der Waals surface area (Å²) in [4.78, 5) is 13.1. The Bertz CT molecular complexity index is 1200. The number of amides is 1. The van der Waals surface area contributed by atoms with E-state index in [1.54, 1.807) is 0 Å². The molecule has 0 aliphatic heterocycles. The quantitative estimate of drug-likeness (QED) is 0.144. The summed E-state index contributed by atoms with van der Waals surface area (Å²) in [6, 6.07) is 29.3. The molecular formula is C32H44NO5PSi. The fourth-order valence-corrected chi connectivity index (χ4v) is 9.48. The van der Waals surface area contributed by atoms with Gasteiger partial charge < -0.3 is 19.0 Å². The Hall–Kier alpha value is -2.70. The van der Waals surface area contributed by atoms with E-state index in [2.05, 4.69) is 37.1 Å². The van der Waals surface area contributed by atoms with Crippen LogP contribution >= 0.6 is 7.37 Å². The van der Waals surface area contributed by atoms with Crippen LogP contribution in [0, 0.1) is 5.92 Å². The number of rotatable bonds is 15. The summed E-state index contributed by atoms with van der Waals surface area (Å²) < 4.78 is 33.9. The van der Waals surface area contributed by atoms with Crippen LogP contribution in [0.1, 0.15) is 43.4 Å². The molecule has 216 valence electrons. The second-order valence-electron chi connectivity index (χ2n) is 11.5. The van der Waals surface area contributed by atoms with E-state index in [1.807, 2.05) is 92.7 Å². The molecule has 3 aromatic rings. The van der Waals surface area contributed by atoms with E-state index in [1.165, 1.54) is 0 Å². The maximum Gasteiger partial charge on any atom is 0.408 e. The maximum absolute atomic E-state index is 15.2. The summed E-state index contributed by atoms with van der Waals surface area (Å²) in [6.45, 7) is 10.6. The van der Waals surface area contributed by atoms with Gasteiger partial charge >= 0.3 is 6.09 Å². The highest BCUT2D eigenvalue weighted by molar-refractivity contribution is 7.60. The Labute approximate surface area is 241 Å². The van der Waals surface area contributed by atoms with Crippen LogP contribution in [-0.4, -0.2) is 26.0 Å². The van der Waals surface area contributed by atoms with Gasteiger partial charge in [-0.15, -0.1) is 0 Å². The molecule has 8 heteroatoms. The third-order valence-electron chi connectivity index (χ3n) is 6.32. The average Bonchev–Trinajstić information content (AvgIpc) is 2.93. The van der Waals surface area contributed by atoms with Gasteiger partial charge in [0.25, 0.3) is 7.37 Å². The topological polar surface area (TPSA) is 73.9 Å². The van der Waals surface area contributed by atoms with Crippen LogP contribution in [0.4, 0.5) is 4.79 Å². The van der Waals surface area contributed by atoms with Crippen molar-refractivity contribution >= 4 is 21.8 Å². The van der Waals surface area contributed by atoms with E-state index in [4.69, 9.17) is 13.7 Å². The standard InChI is InChI=1S/C32H44NO5PSi/c1-26(2)23-30(33-32(34)36-24-28-17-11-7-12-18-28)39(35,37-25-29-19-13-8-14-20-29)31(38-40(3,4)5)22-21-27-15-9-6-10-16-27/h6-20,26,30-31H,21-25H2,1-5H3,(H,33,34). The molecule has 0 aliphatic rings. The second-order valence-corrected chi connectivity index (χ2v) is 18.7. The van der Waals surface area contributed by atoms with Crippen LogP contribution in [-0.2, 0) is 37.9 Å². The van der Waals surface area contributed by atoms with Crippen molar-refractivity contribution in [2.45, 2.75) is 77.6 Å². The SMILES string of the molecule is CC(C)CC(NC(=O)OCc1ccccc1)P(=O)(OCc1ccccc1)C(CCc1ccccc1)O[Si](C)(C)C. The van der Waals surface area contributed by atoms with Gasteiger partial charge in [-0.3, -0.25) is 4.57 Å². The third-order valence-corrected chi connectivity index (χ3v) is 10.4. The largest absolute Gasteiger partial charge is 0.445 e. The molecule has 1 N–H and O–H groups in total. The van der Waals surface area contributed by atoms with Crippen molar-refractivity contribution in [1.82, 2.24) is 5.32 Å². The number of alkyl carbamates (subject to hydrolysis) is 1. The first kappa shape index (κ1) is 31.8. The van der Waals surface area contributed by atoms with Crippen molar-refractivity contribution in [2.24, 2.45) is 5.92 Å². The number of hydrogen-bond acceptors (Lipinski definition) is 5. The Kier molecular flexibility index (Phi) is 12.2. The predicted molar refractivity (Wildman–Crippen MR) is 165 cm³/mol. The molecule has 0 spiro atoms. The predicted octanol–water partition coefficient (Wildman–Crippen LogP) is 8.59. The van der Waals surface area contributed by atoms with Gasteiger partial charge in [0.15, 0.2) is 8.32 Å². The number of carbonyl (C=O) groups is 1. The minimum absolute atomic E-state index is 0.124. The Morgan fingerprint density at radius 1 is 0.800 bits per heavy atom. The molecule has 0 radical (unpaired) electrons. The summed E-state index contributed by atoms with van der Waals surface area (Å²) >= 11 is 0. The fraction of sp³-hybridized carbons (Fsp3) is 0.406. The minimum atomic E-state index is -3.64. The Morgan fingerprint density at radius 2 is 1.30 bits per heavy atom. The van der Waals surface area contributed by atoms with Gasteiger partial charge in [-0.2, -0.15) is 0 Å². The summed E-state index contributed by atoms with van der Waals surface area (Å²) in [5.41, 5.74) is 2.92. The summed E-state index contributed by atoms with van der Waals surface area (Å²) in [6.07, 6.45) is 1.04. The molecule has 3 rings (SSSR count). The molecule has 0 saturated heterocycles. The van der Waals surface area contributed by atoms with Crippen molar-refractivity contribution in [3.63, 3.8) is 0 Å². The van der Waals surface area contributed by atoms with Gasteiger partial charge in [0.2, 0.25) is 0 Å². The summed E-state index contributed by atoms with van der Waals surface area (Å²) in [5, 5.41) is 2.95. The van der Waals surface area contributed by atoms with Crippen molar-refractivity contribution in [2.75, 3.05) is 0 Å². The van der Waals surface area contributed by atoms with Gasteiger partial charge in [0, 0.05) is 0 Å². The van der Waals surface area contributed by atoms with E-state index in [-0.39, 0.29) is 19.1 Å². The third kappa shape index (κ3) is 10.7. The average molecular weight is 582 g/mol. The number of nitrogens with one attached hydrogen (secondary N) is 1. The molecule has 0 aliphatic carbocycles. The zero-order chi connectivity index (χ0) is 29.0. The minimum Gasteiger partial charge on any atom is -0.445 e. The second kappa shape index (κ2) is 15.3. The summed E-state index contributed by atoms with van der Waals surface area (Å²) in [5.74, 6) is -1.30. The number of carbonyl (C=O) groups excluding carboxylic acids is 1. The molecule has 3 atom stereocenters.